The van der Waals surface area contributed by atoms with Crippen molar-refractivity contribution in [3.05, 3.63) is 29.8 Å². The van der Waals surface area contributed by atoms with Crippen molar-refractivity contribution in [3.8, 4) is 5.75 Å². The van der Waals surface area contributed by atoms with Crippen molar-refractivity contribution in [2.45, 2.75) is 32.7 Å². The molecule has 114 valence electrons. The van der Waals surface area contributed by atoms with E-state index >= 15 is 0 Å². The number of nitrogens with two attached hydrogens (primary N) is 1. The molecule has 4 nitrogen and oxygen atoms in total. The summed E-state index contributed by atoms with van der Waals surface area (Å²) < 4.78 is 5.12. The lowest BCUT2D eigenvalue weighted by molar-refractivity contribution is 0.0898. The van der Waals surface area contributed by atoms with Crippen LogP contribution in [0.15, 0.2) is 24.3 Å². The van der Waals surface area contributed by atoms with E-state index in [4.69, 9.17) is 10.5 Å². The quantitative estimate of drug-likeness (QED) is 0.849. The first-order chi connectivity index (χ1) is 8.90. The lowest BCUT2D eigenvalue weighted by atomic mass is 9.90. The first-order valence-corrected chi connectivity index (χ1v) is 6.57. The highest BCUT2D eigenvalue weighted by Crippen LogP contribution is 2.17. The molecule has 0 radical (unpaired) electrons. The lowest BCUT2D eigenvalue weighted by Crippen LogP contribution is -2.52. The number of methoxy groups -OCH3 is 1. The largest absolute Gasteiger partial charge is 0.497 e. The standard InChI is InChI=1S/C15H24N2O2.ClH/c1-11(2)9-15(3,10-16)17-14(18)12-6-5-7-13(8-12)19-4;/h5-8,11H,9-10,16H2,1-4H3,(H,17,18);1H. The van der Waals surface area contributed by atoms with E-state index in [0.717, 1.165) is 6.42 Å². The summed E-state index contributed by atoms with van der Waals surface area (Å²) in [6, 6.07) is 7.11. The Balaban J connectivity index is 0.00000361. The van der Waals surface area contributed by atoms with E-state index in [0.29, 0.717) is 23.8 Å². The van der Waals surface area contributed by atoms with E-state index in [1.54, 1.807) is 25.3 Å². The third-order valence-electron chi connectivity index (χ3n) is 3.06. The van der Waals surface area contributed by atoms with Crippen LogP contribution in [0.2, 0.25) is 0 Å². The van der Waals surface area contributed by atoms with Crippen LogP contribution in [0.4, 0.5) is 0 Å². The zero-order chi connectivity index (χ0) is 14.5. The fourth-order valence-electron chi connectivity index (χ4n) is 2.20. The Hall–Kier alpha value is -1.26. The molecule has 5 heteroatoms. The van der Waals surface area contributed by atoms with Crippen LogP contribution in [0.1, 0.15) is 37.6 Å². The van der Waals surface area contributed by atoms with Gasteiger partial charge in [0, 0.05) is 17.6 Å². The van der Waals surface area contributed by atoms with Gasteiger partial charge in [0.05, 0.1) is 7.11 Å². The molecule has 0 aromatic heterocycles. The van der Waals surface area contributed by atoms with Crippen LogP contribution in [-0.2, 0) is 0 Å². The van der Waals surface area contributed by atoms with Crippen LogP contribution in [-0.4, -0.2) is 25.1 Å². The van der Waals surface area contributed by atoms with Crippen molar-refractivity contribution in [2.24, 2.45) is 11.7 Å². The van der Waals surface area contributed by atoms with Crippen molar-refractivity contribution in [3.63, 3.8) is 0 Å². The Morgan fingerprint density at radius 1 is 1.45 bits per heavy atom. The molecule has 1 rings (SSSR count). The van der Waals surface area contributed by atoms with Gasteiger partial charge >= 0.3 is 0 Å². The maximum Gasteiger partial charge on any atom is 0.251 e. The highest BCUT2D eigenvalue weighted by Gasteiger charge is 2.26. The van der Waals surface area contributed by atoms with Crippen molar-refractivity contribution in [2.75, 3.05) is 13.7 Å². The van der Waals surface area contributed by atoms with Crippen molar-refractivity contribution < 1.29 is 9.53 Å². The van der Waals surface area contributed by atoms with Gasteiger partial charge in [-0.15, -0.1) is 12.4 Å². The molecule has 0 spiro atoms. The molecule has 0 aliphatic carbocycles. The Labute approximate surface area is 127 Å². The van der Waals surface area contributed by atoms with Gasteiger partial charge in [-0.2, -0.15) is 0 Å². The summed E-state index contributed by atoms with van der Waals surface area (Å²) in [7, 11) is 1.58. The van der Waals surface area contributed by atoms with E-state index in [1.807, 2.05) is 13.0 Å². The molecule has 0 heterocycles. The van der Waals surface area contributed by atoms with Gasteiger partial charge in [0.15, 0.2) is 0 Å². The Morgan fingerprint density at radius 2 is 2.10 bits per heavy atom. The average Bonchev–Trinajstić information content (AvgIpc) is 2.37. The minimum atomic E-state index is -0.381. The minimum absolute atomic E-state index is 0. The number of hydrogen-bond donors (Lipinski definition) is 2. The number of ether oxygens (including phenoxy) is 1. The molecule has 1 unspecified atom stereocenters. The summed E-state index contributed by atoms with van der Waals surface area (Å²) in [5.41, 5.74) is 6.00. The highest BCUT2D eigenvalue weighted by molar-refractivity contribution is 5.95. The lowest BCUT2D eigenvalue weighted by Gasteiger charge is -2.31. The summed E-state index contributed by atoms with van der Waals surface area (Å²) in [6.07, 6.45) is 0.846. The van der Waals surface area contributed by atoms with E-state index < -0.39 is 0 Å². The van der Waals surface area contributed by atoms with Gasteiger partial charge in [0.1, 0.15) is 5.75 Å². The molecule has 0 bridgehead atoms. The molecule has 0 aliphatic rings. The van der Waals surface area contributed by atoms with Gasteiger partial charge in [0.2, 0.25) is 0 Å². The van der Waals surface area contributed by atoms with Gasteiger partial charge in [-0.1, -0.05) is 19.9 Å². The molecule has 1 atom stereocenters. The van der Waals surface area contributed by atoms with Gasteiger partial charge in [0.25, 0.3) is 5.91 Å². The second-order valence-corrected chi connectivity index (χ2v) is 5.55. The Kier molecular flexibility index (Phi) is 7.61. The molecular formula is C15H25ClN2O2. The average molecular weight is 301 g/mol. The molecule has 1 aromatic rings. The normalized spacial score (nSPS) is 13.3. The molecule has 20 heavy (non-hydrogen) atoms. The second-order valence-electron chi connectivity index (χ2n) is 5.55. The molecule has 1 aromatic carbocycles. The van der Waals surface area contributed by atoms with E-state index in [-0.39, 0.29) is 23.9 Å². The zero-order valence-corrected chi connectivity index (χ0v) is 13.4. The number of hydrogen-bond acceptors (Lipinski definition) is 3. The van der Waals surface area contributed by atoms with Gasteiger partial charge in [-0.25, -0.2) is 0 Å². The molecule has 3 N–H and O–H groups in total. The summed E-state index contributed by atoms with van der Waals surface area (Å²) in [6.45, 7) is 6.63. The Bertz CT molecular complexity index is 438. The third kappa shape index (κ3) is 5.39. The molecule has 0 fully saturated rings. The summed E-state index contributed by atoms with van der Waals surface area (Å²) in [5, 5.41) is 3.02. The number of nitrogens with one attached hydrogen (secondary N) is 1. The smallest absolute Gasteiger partial charge is 0.251 e. The Morgan fingerprint density at radius 3 is 2.60 bits per heavy atom. The topological polar surface area (TPSA) is 64.3 Å². The number of carbonyl (C=O) groups is 1. The summed E-state index contributed by atoms with van der Waals surface area (Å²) in [4.78, 5) is 12.2. The molecule has 0 saturated carbocycles. The number of halogens is 1. The van der Waals surface area contributed by atoms with Crippen molar-refractivity contribution >= 4 is 18.3 Å². The zero-order valence-electron chi connectivity index (χ0n) is 12.6. The highest BCUT2D eigenvalue weighted by atomic mass is 35.5. The number of amides is 1. The number of rotatable bonds is 6. The maximum atomic E-state index is 12.2. The van der Waals surface area contributed by atoms with Crippen LogP contribution in [0.5, 0.6) is 5.75 Å². The molecule has 0 saturated heterocycles. The van der Waals surface area contributed by atoms with Crippen LogP contribution in [0.25, 0.3) is 0 Å². The van der Waals surface area contributed by atoms with Crippen molar-refractivity contribution in [1.82, 2.24) is 5.32 Å². The third-order valence-corrected chi connectivity index (χ3v) is 3.06. The predicted molar refractivity (Wildman–Crippen MR) is 84.6 cm³/mol. The van der Waals surface area contributed by atoms with E-state index in [9.17, 15) is 4.79 Å². The van der Waals surface area contributed by atoms with Crippen LogP contribution in [0.3, 0.4) is 0 Å². The van der Waals surface area contributed by atoms with Crippen LogP contribution >= 0.6 is 12.4 Å². The predicted octanol–water partition coefficient (Wildman–Crippen LogP) is 2.61. The maximum absolute atomic E-state index is 12.2. The number of carbonyl (C=O) groups excluding carboxylic acids is 1. The first-order valence-electron chi connectivity index (χ1n) is 6.57. The molecule has 1 amide bonds. The minimum Gasteiger partial charge on any atom is -0.497 e. The fraction of sp³-hybridized carbons (Fsp3) is 0.533. The first kappa shape index (κ1) is 18.7. The van der Waals surface area contributed by atoms with E-state index in [2.05, 4.69) is 19.2 Å². The van der Waals surface area contributed by atoms with Crippen molar-refractivity contribution in [1.29, 1.82) is 0 Å². The van der Waals surface area contributed by atoms with Crippen LogP contribution < -0.4 is 15.8 Å². The summed E-state index contributed by atoms with van der Waals surface area (Å²) in [5.74, 6) is 1.03. The van der Waals surface area contributed by atoms with E-state index in [1.165, 1.54) is 0 Å². The second kappa shape index (κ2) is 8.12. The summed E-state index contributed by atoms with van der Waals surface area (Å²) >= 11 is 0. The van der Waals surface area contributed by atoms with Gasteiger partial charge in [-0.05, 0) is 37.5 Å². The van der Waals surface area contributed by atoms with Crippen LogP contribution in [0, 0.1) is 5.92 Å². The SMILES string of the molecule is COc1cccc(C(=O)NC(C)(CN)CC(C)C)c1.Cl. The van der Waals surface area contributed by atoms with Gasteiger partial charge < -0.3 is 15.8 Å². The molecule has 0 aliphatic heterocycles. The van der Waals surface area contributed by atoms with Gasteiger partial charge in [-0.3, -0.25) is 4.79 Å². The monoisotopic (exact) mass is 300 g/mol. The fourth-order valence-corrected chi connectivity index (χ4v) is 2.20. The molecular weight excluding hydrogens is 276 g/mol. The number of benzene rings is 1.